The second kappa shape index (κ2) is 7.33. The van der Waals surface area contributed by atoms with Crippen molar-refractivity contribution in [2.75, 3.05) is 13.7 Å². The lowest BCUT2D eigenvalue weighted by molar-refractivity contribution is 0.186. The molecule has 0 radical (unpaired) electrons. The predicted molar refractivity (Wildman–Crippen MR) is 83.9 cm³/mol. The van der Waals surface area contributed by atoms with Crippen LogP contribution in [0, 0.1) is 4.77 Å². The Morgan fingerprint density at radius 3 is 2.95 bits per heavy atom. The van der Waals surface area contributed by atoms with Crippen molar-refractivity contribution >= 4 is 12.2 Å². The topological polar surface area (TPSA) is 64.8 Å². The van der Waals surface area contributed by atoms with E-state index in [0.29, 0.717) is 29.3 Å². The number of methoxy groups -OCH3 is 1. The number of hydrogen-bond donors (Lipinski definition) is 1. The van der Waals surface area contributed by atoms with Crippen molar-refractivity contribution in [1.29, 1.82) is 0 Å². The zero-order chi connectivity index (χ0) is 15.2. The third-order valence-corrected chi connectivity index (χ3v) is 3.60. The van der Waals surface area contributed by atoms with E-state index >= 15 is 0 Å². The van der Waals surface area contributed by atoms with Gasteiger partial charge in [0.25, 0.3) is 5.56 Å². The molecule has 0 saturated carbocycles. The maximum Gasteiger partial charge on any atom is 0.261 e. The Morgan fingerprint density at radius 2 is 2.24 bits per heavy atom. The molecule has 0 fully saturated rings. The molecule has 6 nitrogen and oxygen atoms in total. The van der Waals surface area contributed by atoms with Gasteiger partial charge in [-0.3, -0.25) is 9.89 Å². The summed E-state index contributed by atoms with van der Waals surface area (Å²) >= 11 is 5.25. The van der Waals surface area contributed by atoms with Crippen LogP contribution in [0.2, 0.25) is 0 Å². The Kier molecular flexibility index (Phi) is 5.46. The van der Waals surface area contributed by atoms with Crippen molar-refractivity contribution in [2.24, 2.45) is 0 Å². The lowest BCUT2D eigenvalue weighted by atomic mass is 10.2. The number of H-pyrrole nitrogens is 1. The molecule has 0 amide bonds. The highest BCUT2D eigenvalue weighted by atomic mass is 32.1. The third-order valence-electron chi connectivity index (χ3n) is 3.29. The molecule has 2 aromatic heterocycles. The van der Waals surface area contributed by atoms with Crippen molar-refractivity contribution < 1.29 is 4.74 Å². The Morgan fingerprint density at radius 1 is 1.43 bits per heavy atom. The molecule has 2 aromatic rings. The van der Waals surface area contributed by atoms with Crippen molar-refractivity contribution in [3.63, 3.8) is 0 Å². The van der Waals surface area contributed by atoms with Crippen LogP contribution in [0.4, 0.5) is 0 Å². The van der Waals surface area contributed by atoms with Crippen LogP contribution in [0.5, 0.6) is 0 Å². The number of rotatable bonds is 7. The summed E-state index contributed by atoms with van der Waals surface area (Å²) < 4.78 is 9.08. The zero-order valence-corrected chi connectivity index (χ0v) is 13.2. The molecule has 0 aliphatic heterocycles. The lowest BCUT2D eigenvalue weighted by Gasteiger charge is -2.09. The maximum absolute atomic E-state index is 12.5. The van der Waals surface area contributed by atoms with Gasteiger partial charge in [0, 0.05) is 26.4 Å². The van der Waals surface area contributed by atoms with E-state index in [0.717, 1.165) is 19.4 Å². The average Bonchev–Trinajstić information content (AvgIpc) is 2.85. The minimum atomic E-state index is -0.0821. The number of aromatic amines is 1. The Hall–Kier alpha value is -1.73. The summed E-state index contributed by atoms with van der Waals surface area (Å²) in [7, 11) is 1.62. The van der Waals surface area contributed by atoms with Gasteiger partial charge in [0.05, 0.1) is 12.2 Å². The fourth-order valence-electron chi connectivity index (χ4n) is 2.12. The van der Waals surface area contributed by atoms with Crippen LogP contribution in [-0.4, -0.2) is 33.0 Å². The zero-order valence-electron chi connectivity index (χ0n) is 12.3. The van der Waals surface area contributed by atoms with E-state index in [1.807, 2.05) is 10.6 Å². The van der Waals surface area contributed by atoms with Crippen molar-refractivity contribution in [2.45, 2.75) is 32.9 Å². The van der Waals surface area contributed by atoms with E-state index in [2.05, 4.69) is 17.1 Å². The van der Waals surface area contributed by atoms with Gasteiger partial charge >= 0.3 is 0 Å². The molecule has 21 heavy (non-hydrogen) atoms. The molecule has 1 N–H and O–H groups in total. The van der Waals surface area contributed by atoms with E-state index in [9.17, 15) is 4.79 Å². The van der Waals surface area contributed by atoms with Gasteiger partial charge in [-0.05, 0) is 30.8 Å². The Labute approximate surface area is 128 Å². The Balaban J connectivity index is 2.43. The van der Waals surface area contributed by atoms with Gasteiger partial charge in [0.1, 0.15) is 0 Å². The van der Waals surface area contributed by atoms with Crippen molar-refractivity contribution in [1.82, 2.24) is 19.3 Å². The third kappa shape index (κ3) is 3.48. The van der Waals surface area contributed by atoms with E-state index in [-0.39, 0.29) is 5.56 Å². The summed E-state index contributed by atoms with van der Waals surface area (Å²) in [5, 5.41) is 7.00. The standard InChI is InChI=1S/C14H20N4O2S/c1-3-4-8-18-12(15-16-14(18)21)11-6-5-7-17(13(11)19)9-10-20-2/h5-7H,3-4,8-10H2,1-2H3,(H,16,21). The second-order valence-corrected chi connectivity index (χ2v) is 5.16. The first-order valence-electron chi connectivity index (χ1n) is 7.03. The first kappa shape index (κ1) is 15.7. The minimum Gasteiger partial charge on any atom is -0.383 e. The van der Waals surface area contributed by atoms with Crippen LogP contribution in [0.15, 0.2) is 23.1 Å². The smallest absolute Gasteiger partial charge is 0.261 e. The summed E-state index contributed by atoms with van der Waals surface area (Å²) in [5.41, 5.74) is 0.471. The number of nitrogens with zero attached hydrogens (tertiary/aromatic N) is 3. The van der Waals surface area contributed by atoms with Gasteiger partial charge in [-0.1, -0.05) is 13.3 Å². The van der Waals surface area contributed by atoms with Crippen LogP contribution in [0.25, 0.3) is 11.4 Å². The normalized spacial score (nSPS) is 11.0. The number of nitrogens with one attached hydrogen (secondary N) is 1. The fraction of sp³-hybridized carbons (Fsp3) is 0.500. The second-order valence-electron chi connectivity index (χ2n) is 4.77. The molecule has 0 aliphatic rings. The van der Waals surface area contributed by atoms with Gasteiger partial charge < -0.3 is 13.9 Å². The van der Waals surface area contributed by atoms with Crippen LogP contribution < -0.4 is 5.56 Å². The molecule has 2 heterocycles. The van der Waals surface area contributed by atoms with E-state index < -0.39 is 0 Å². The first-order chi connectivity index (χ1) is 10.2. The lowest BCUT2D eigenvalue weighted by Crippen LogP contribution is -2.23. The van der Waals surface area contributed by atoms with Crippen LogP contribution in [-0.2, 0) is 17.8 Å². The monoisotopic (exact) mass is 308 g/mol. The largest absolute Gasteiger partial charge is 0.383 e. The van der Waals surface area contributed by atoms with Crippen molar-refractivity contribution in [3.05, 3.63) is 33.5 Å². The van der Waals surface area contributed by atoms with Crippen LogP contribution in [0.3, 0.4) is 0 Å². The molecule has 0 bridgehead atoms. The summed E-state index contributed by atoms with van der Waals surface area (Å²) in [6, 6.07) is 3.62. The van der Waals surface area contributed by atoms with Gasteiger partial charge in [-0.2, -0.15) is 5.10 Å². The van der Waals surface area contributed by atoms with Crippen molar-refractivity contribution in [3.8, 4) is 11.4 Å². The summed E-state index contributed by atoms with van der Waals surface area (Å²) in [6.07, 6.45) is 3.80. The number of unbranched alkanes of at least 4 members (excludes halogenated alkanes) is 1. The summed E-state index contributed by atoms with van der Waals surface area (Å²) in [5.74, 6) is 0.602. The molecule has 0 atom stereocenters. The van der Waals surface area contributed by atoms with Gasteiger partial charge in [0.2, 0.25) is 0 Å². The molecule has 0 saturated heterocycles. The van der Waals surface area contributed by atoms with E-state index in [4.69, 9.17) is 17.0 Å². The number of aromatic nitrogens is 4. The number of pyridine rings is 1. The highest BCUT2D eigenvalue weighted by Crippen LogP contribution is 2.13. The first-order valence-corrected chi connectivity index (χ1v) is 7.43. The quantitative estimate of drug-likeness (QED) is 0.797. The average molecular weight is 308 g/mol. The number of ether oxygens (including phenoxy) is 1. The van der Waals surface area contributed by atoms with Crippen LogP contribution >= 0.6 is 12.2 Å². The molecule has 2 rings (SSSR count). The molecule has 7 heteroatoms. The number of hydrogen-bond acceptors (Lipinski definition) is 4. The van der Waals surface area contributed by atoms with Crippen LogP contribution in [0.1, 0.15) is 19.8 Å². The Bertz CT molecular complexity index is 701. The van der Waals surface area contributed by atoms with E-state index in [1.165, 1.54) is 0 Å². The molecular formula is C14H20N4O2S. The van der Waals surface area contributed by atoms with Gasteiger partial charge in [0.15, 0.2) is 10.6 Å². The summed E-state index contributed by atoms with van der Waals surface area (Å²) in [6.45, 7) is 3.88. The molecule has 0 spiro atoms. The SMILES string of the molecule is CCCCn1c(-c2cccn(CCOC)c2=O)n[nH]c1=S. The molecule has 0 aromatic carbocycles. The molecule has 0 aliphatic carbocycles. The fourth-order valence-corrected chi connectivity index (χ4v) is 2.34. The van der Waals surface area contributed by atoms with Gasteiger partial charge in [-0.15, -0.1) is 0 Å². The highest BCUT2D eigenvalue weighted by Gasteiger charge is 2.13. The molecular weight excluding hydrogens is 288 g/mol. The predicted octanol–water partition coefficient (Wildman–Crippen LogP) is 2.22. The van der Waals surface area contributed by atoms with E-state index in [1.54, 1.807) is 23.9 Å². The molecule has 114 valence electrons. The highest BCUT2D eigenvalue weighted by molar-refractivity contribution is 7.71. The van der Waals surface area contributed by atoms with Gasteiger partial charge in [-0.25, -0.2) is 0 Å². The summed E-state index contributed by atoms with van der Waals surface area (Å²) in [4.78, 5) is 12.5. The maximum atomic E-state index is 12.5. The minimum absolute atomic E-state index is 0.0821. The molecule has 0 unspecified atom stereocenters.